The summed E-state index contributed by atoms with van der Waals surface area (Å²) in [5.74, 6) is -0.139. The number of hydrogen-bond acceptors (Lipinski definition) is 6. The highest BCUT2D eigenvalue weighted by Crippen LogP contribution is 2.09. The van der Waals surface area contributed by atoms with Gasteiger partial charge in [0.25, 0.3) is 0 Å². The first-order valence-corrected chi connectivity index (χ1v) is 7.92. The van der Waals surface area contributed by atoms with Crippen molar-refractivity contribution in [1.29, 1.82) is 0 Å². The first-order valence-electron chi connectivity index (χ1n) is 7.92. The molecule has 0 aliphatic heterocycles. The molecule has 0 aromatic carbocycles. The summed E-state index contributed by atoms with van der Waals surface area (Å²) in [6.45, 7) is 1.25. The average Bonchev–Trinajstić information content (AvgIpc) is 2.51. The van der Waals surface area contributed by atoms with Crippen molar-refractivity contribution in [3.63, 3.8) is 0 Å². The fourth-order valence-electron chi connectivity index (χ4n) is 2.12. The van der Waals surface area contributed by atoms with Gasteiger partial charge < -0.3 is 30.4 Å². The van der Waals surface area contributed by atoms with Crippen LogP contribution < -0.4 is 0 Å². The Balaban J connectivity index is 4.11. The van der Waals surface area contributed by atoms with E-state index < -0.39 is 31.0 Å². The molecule has 0 bridgehead atoms. The van der Waals surface area contributed by atoms with Crippen molar-refractivity contribution in [2.24, 2.45) is 0 Å². The van der Waals surface area contributed by atoms with E-state index in [0.717, 1.165) is 32.1 Å². The standard InChI is InChI=1S/C15H31NO6/c1-3-4-5-6-7-8-13(20)16(2)9-11(18)14(21)15(22)12(19)10-17/h11-12,14-15,17-19,21-22H,3-10H2,1-2H3/t11-,12-,14-,15-/m0/s1. The Labute approximate surface area is 132 Å². The largest absolute Gasteiger partial charge is 0.394 e. The number of rotatable bonds is 12. The second-order valence-corrected chi connectivity index (χ2v) is 5.74. The van der Waals surface area contributed by atoms with Gasteiger partial charge in [0.2, 0.25) is 5.91 Å². The van der Waals surface area contributed by atoms with Crippen LogP contribution in [-0.2, 0) is 4.79 Å². The number of carbonyl (C=O) groups excluding carboxylic acids is 1. The molecule has 0 saturated heterocycles. The molecular weight excluding hydrogens is 290 g/mol. The highest BCUT2D eigenvalue weighted by atomic mass is 16.4. The maximum atomic E-state index is 11.9. The molecule has 0 heterocycles. The summed E-state index contributed by atoms with van der Waals surface area (Å²) >= 11 is 0. The van der Waals surface area contributed by atoms with Crippen LogP contribution in [0, 0.1) is 0 Å². The van der Waals surface area contributed by atoms with Crippen LogP contribution in [0.2, 0.25) is 0 Å². The topological polar surface area (TPSA) is 121 Å². The minimum absolute atomic E-state index is 0.139. The van der Waals surface area contributed by atoms with E-state index in [1.807, 2.05) is 0 Å². The zero-order valence-corrected chi connectivity index (χ0v) is 13.6. The van der Waals surface area contributed by atoms with Crippen molar-refractivity contribution in [3.05, 3.63) is 0 Å². The van der Waals surface area contributed by atoms with E-state index in [-0.39, 0.29) is 12.5 Å². The van der Waals surface area contributed by atoms with Gasteiger partial charge in [-0.3, -0.25) is 4.79 Å². The minimum atomic E-state index is -1.67. The zero-order valence-electron chi connectivity index (χ0n) is 13.6. The monoisotopic (exact) mass is 321 g/mol. The number of unbranched alkanes of at least 4 members (excludes halogenated alkanes) is 4. The lowest BCUT2D eigenvalue weighted by molar-refractivity contribution is -0.138. The maximum Gasteiger partial charge on any atom is 0.222 e. The lowest BCUT2D eigenvalue weighted by atomic mass is 10.0. The molecule has 7 nitrogen and oxygen atoms in total. The molecule has 5 N–H and O–H groups in total. The van der Waals surface area contributed by atoms with Crippen LogP contribution in [0.15, 0.2) is 0 Å². The van der Waals surface area contributed by atoms with Gasteiger partial charge in [0, 0.05) is 20.0 Å². The van der Waals surface area contributed by atoms with Gasteiger partial charge in [0.15, 0.2) is 0 Å². The zero-order chi connectivity index (χ0) is 17.1. The molecule has 0 radical (unpaired) electrons. The van der Waals surface area contributed by atoms with E-state index in [1.165, 1.54) is 11.9 Å². The predicted octanol–water partition coefficient (Wildman–Crippen LogP) is -0.759. The Morgan fingerprint density at radius 2 is 1.50 bits per heavy atom. The van der Waals surface area contributed by atoms with Crippen molar-refractivity contribution in [3.8, 4) is 0 Å². The van der Waals surface area contributed by atoms with Gasteiger partial charge >= 0.3 is 0 Å². The molecule has 0 fully saturated rings. The molecule has 0 aromatic heterocycles. The molecule has 0 spiro atoms. The lowest BCUT2D eigenvalue weighted by Gasteiger charge is -2.28. The molecule has 0 saturated carbocycles. The maximum absolute atomic E-state index is 11.9. The molecule has 1 amide bonds. The first-order chi connectivity index (χ1) is 10.3. The fourth-order valence-corrected chi connectivity index (χ4v) is 2.12. The molecular formula is C15H31NO6. The highest BCUT2D eigenvalue weighted by molar-refractivity contribution is 5.75. The van der Waals surface area contributed by atoms with Crippen LogP contribution in [0.5, 0.6) is 0 Å². The minimum Gasteiger partial charge on any atom is -0.394 e. The number of hydrogen-bond donors (Lipinski definition) is 5. The Bertz CT molecular complexity index is 302. The van der Waals surface area contributed by atoms with E-state index in [0.29, 0.717) is 6.42 Å². The van der Waals surface area contributed by atoms with Gasteiger partial charge in [-0.2, -0.15) is 0 Å². The van der Waals surface area contributed by atoms with Crippen LogP contribution >= 0.6 is 0 Å². The summed E-state index contributed by atoms with van der Waals surface area (Å²) in [5, 5.41) is 46.9. The van der Waals surface area contributed by atoms with E-state index in [1.54, 1.807) is 0 Å². The van der Waals surface area contributed by atoms with Crippen molar-refractivity contribution in [1.82, 2.24) is 4.90 Å². The van der Waals surface area contributed by atoms with Gasteiger partial charge in [-0.25, -0.2) is 0 Å². The molecule has 22 heavy (non-hydrogen) atoms. The molecule has 0 unspecified atom stereocenters. The van der Waals surface area contributed by atoms with Gasteiger partial charge in [0.05, 0.1) is 6.61 Å². The van der Waals surface area contributed by atoms with Gasteiger partial charge in [-0.05, 0) is 6.42 Å². The van der Waals surface area contributed by atoms with Crippen LogP contribution in [0.4, 0.5) is 0 Å². The van der Waals surface area contributed by atoms with Crippen LogP contribution in [0.25, 0.3) is 0 Å². The van der Waals surface area contributed by atoms with E-state index in [4.69, 9.17) is 5.11 Å². The number of nitrogens with zero attached hydrogens (tertiary/aromatic N) is 1. The van der Waals surface area contributed by atoms with E-state index >= 15 is 0 Å². The Morgan fingerprint density at radius 1 is 0.955 bits per heavy atom. The molecule has 132 valence electrons. The molecule has 4 atom stereocenters. The summed E-state index contributed by atoms with van der Waals surface area (Å²) in [6.07, 6.45) is -0.701. The van der Waals surface area contributed by atoms with E-state index in [9.17, 15) is 25.2 Å². The normalized spacial score (nSPS) is 16.9. The SMILES string of the molecule is CCCCCCCC(=O)N(C)C[C@H](O)[C@H](O)[C@@H](O)[C@@H](O)CO. The second-order valence-electron chi connectivity index (χ2n) is 5.74. The number of likely N-dealkylation sites (N-methyl/N-ethyl adjacent to an activating group) is 1. The Hall–Kier alpha value is -0.730. The number of aliphatic hydroxyl groups is 5. The molecule has 7 heteroatoms. The molecule has 0 aromatic rings. The van der Waals surface area contributed by atoms with Gasteiger partial charge in [-0.15, -0.1) is 0 Å². The lowest BCUT2D eigenvalue weighted by Crippen LogP contribution is -2.49. The van der Waals surface area contributed by atoms with Crippen molar-refractivity contribution in [2.75, 3.05) is 20.2 Å². The van der Waals surface area contributed by atoms with Crippen LogP contribution in [-0.4, -0.2) is 81.0 Å². The fraction of sp³-hybridized carbons (Fsp3) is 0.933. The first kappa shape index (κ1) is 21.3. The number of carbonyl (C=O) groups is 1. The number of aliphatic hydroxyl groups excluding tert-OH is 5. The van der Waals surface area contributed by atoms with Crippen molar-refractivity contribution >= 4 is 5.91 Å². The molecule has 0 aliphatic carbocycles. The van der Waals surface area contributed by atoms with Gasteiger partial charge in [-0.1, -0.05) is 32.6 Å². The van der Waals surface area contributed by atoms with E-state index in [2.05, 4.69) is 6.92 Å². The quantitative estimate of drug-likeness (QED) is 0.301. The Morgan fingerprint density at radius 3 is 2.05 bits per heavy atom. The van der Waals surface area contributed by atoms with Crippen molar-refractivity contribution < 1.29 is 30.3 Å². The third kappa shape index (κ3) is 8.05. The summed E-state index contributed by atoms with van der Waals surface area (Å²) in [6, 6.07) is 0. The summed E-state index contributed by atoms with van der Waals surface area (Å²) < 4.78 is 0. The predicted molar refractivity (Wildman–Crippen MR) is 82.1 cm³/mol. The van der Waals surface area contributed by atoms with Crippen LogP contribution in [0.3, 0.4) is 0 Å². The second kappa shape index (κ2) is 11.8. The average molecular weight is 321 g/mol. The third-order valence-corrected chi connectivity index (χ3v) is 3.71. The summed E-state index contributed by atoms with van der Waals surface area (Å²) in [4.78, 5) is 13.2. The van der Waals surface area contributed by atoms with Crippen LogP contribution in [0.1, 0.15) is 45.4 Å². The third-order valence-electron chi connectivity index (χ3n) is 3.71. The number of amides is 1. The summed E-state index contributed by atoms with van der Waals surface area (Å²) in [7, 11) is 1.51. The van der Waals surface area contributed by atoms with Crippen molar-refractivity contribution in [2.45, 2.75) is 69.9 Å². The summed E-state index contributed by atoms with van der Waals surface area (Å²) in [5.41, 5.74) is 0. The smallest absolute Gasteiger partial charge is 0.222 e. The van der Waals surface area contributed by atoms with Gasteiger partial charge in [0.1, 0.15) is 24.4 Å². The molecule has 0 aliphatic rings. The highest BCUT2D eigenvalue weighted by Gasteiger charge is 2.31. The Kier molecular flexibility index (Phi) is 11.4. The molecule has 0 rings (SSSR count).